The molecule has 0 aromatic rings. The van der Waals surface area contributed by atoms with Crippen LogP contribution in [0.4, 0.5) is 0 Å². The SMILES string of the molecule is COCCN(CC(C)C)C1CCC(CO)(NC(C)C)C1. The molecular weight excluding hydrogens is 252 g/mol. The maximum Gasteiger partial charge on any atom is 0.0614 e. The van der Waals surface area contributed by atoms with Crippen LogP contribution in [0.2, 0.25) is 0 Å². The molecule has 4 heteroatoms. The summed E-state index contributed by atoms with van der Waals surface area (Å²) in [6.45, 7) is 12.0. The Kier molecular flexibility index (Phi) is 7.45. The normalized spacial score (nSPS) is 27.1. The van der Waals surface area contributed by atoms with Gasteiger partial charge in [-0.3, -0.25) is 4.90 Å². The molecule has 4 nitrogen and oxygen atoms in total. The Bertz CT molecular complexity index is 271. The number of aliphatic hydroxyl groups excluding tert-OH is 1. The van der Waals surface area contributed by atoms with Gasteiger partial charge >= 0.3 is 0 Å². The maximum absolute atomic E-state index is 9.82. The van der Waals surface area contributed by atoms with E-state index in [9.17, 15) is 5.11 Å². The molecule has 0 aromatic heterocycles. The fraction of sp³-hybridized carbons (Fsp3) is 1.00. The standard InChI is InChI=1S/C16H34N2O2/c1-13(2)11-18(8-9-20-5)15-6-7-16(10-15,12-19)17-14(3)4/h13-15,17,19H,6-12H2,1-5H3. The highest BCUT2D eigenvalue weighted by Crippen LogP contribution is 2.33. The molecule has 0 spiro atoms. The summed E-state index contributed by atoms with van der Waals surface area (Å²) in [4.78, 5) is 2.55. The lowest BCUT2D eigenvalue weighted by Crippen LogP contribution is -2.51. The van der Waals surface area contributed by atoms with Crippen molar-refractivity contribution in [2.24, 2.45) is 5.92 Å². The minimum atomic E-state index is -0.0822. The van der Waals surface area contributed by atoms with Crippen LogP contribution in [0.15, 0.2) is 0 Å². The van der Waals surface area contributed by atoms with E-state index < -0.39 is 0 Å². The molecule has 20 heavy (non-hydrogen) atoms. The number of rotatable bonds is 9. The lowest BCUT2D eigenvalue weighted by molar-refractivity contribution is 0.0986. The van der Waals surface area contributed by atoms with Crippen LogP contribution in [-0.2, 0) is 4.74 Å². The van der Waals surface area contributed by atoms with Crippen LogP contribution in [0.5, 0.6) is 0 Å². The molecular formula is C16H34N2O2. The third-order valence-corrected chi connectivity index (χ3v) is 4.18. The van der Waals surface area contributed by atoms with Gasteiger partial charge in [0.1, 0.15) is 0 Å². The molecule has 120 valence electrons. The summed E-state index contributed by atoms with van der Waals surface area (Å²) in [6, 6.07) is 0.976. The first-order valence-corrected chi connectivity index (χ1v) is 8.04. The molecule has 0 bridgehead atoms. The Labute approximate surface area is 124 Å². The summed E-state index contributed by atoms with van der Waals surface area (Å²) in [7, 11) is 1.76. The molecule has 2 N–H and O–H groups in total. The fourth-order valence-electron chi connectivity index (χ4n) is 3.44. The van der Waals surface area contributed by atoms with Crippen LogP contribution < -0.4 is 5.32 Å². The second-order valence-electron chi connectivity index (χ2n) is 7.02. The molecule has 0 heterocycles. The summed E-state index contributed by atoms with van der Waals surface area (Å²) < 4.78 is 5.25. The maximum atomic E-state index is 9.82. The van der Waals surface area contributed by atoms with Crippen LogP contribution in [0, 0.1) is 5.92 Å². The Morgan fingerprint density at radius 2 is 2.05 bits per heavy atom. The van der Waals surface area contributed by atoms with E-state index in [0.717, 1.165) is 39.0 Å². The average molecular weight is 286 g/mol. The van der Waals surface area contributed by atoms with Gasteiger partial charge in [0.05, 0.1) is 13.2 Å². The van der Waals surface area contributed by atoms with E-state index in [-0.39, 0.29) is 12.1 Å². The van der Waals surface area contributed by atoms with Crippen molar-refractivity contribution in [1.82, 2.24) is 10.2 Å². The van der Waals surface area contributed by atoms with Gasteiger partial charge in [-0.15, -0.1) is 0 Å². The predicted molar refractivity (Wildman–Crippen MR) is 84.0 cm³/mol. The van der Waals surface area contributed by atoms with Crippen molar-refractivity contribution in [1.29, 1.82) is 0 Å². The summed E-state index contributed by atoms with van der Waals surface area (Å²) in [5.41, 5.74) is -0.0822. The third kappa shape index (κ3) is 5.32. The highest BCUT2D eigenvalue weighted by atomic mass is 16.5. The van der Waals surface area contributed by atoms with Gasteiger partial charge in [-0.1, -0.05) is 27.7 Å². The lowest BCUT2D eigenvalue weighted by Gasteiger charge is -2.34. The van der Waals surface area contributed by atoms with E-state index >= 15 is 0 Å². The predicted octanol–water partition coefficient (Wildman–Crippen LogP) is 1.87. The molecule has 0 saturated heterocycles. The fourth-order valence-corrected chi connectivity index (χ4v) is 3.44. The summed E-state index contributed by atoms with van der Waals surface area (Å²) in [5.74, 6) is 0.661. The first-order chi connectivity index (χ1) is 9.42. The van der Waals surface area contributed by atoms with Crippen molar-refractivity contribution in [3.05, 3.63) is 0 Å². The zero-order valence-electron chi connectivity index (χ0n) is 14.0. The van der Waals surface area contributed by atoms with Gasteiger partial charge in [0, 0.05) is 37.8 Å². The second-order valence-corrected chi connectivity index (χ2v) is 7.02. The monoisotopic (exact) mass is 286 g/mol. The van der Waals surface area contributed by atoms with E-state index in [2.05, 4.69) is 37.9 Å². The first kappa shape index (κ1) is 17.9. The quantitative estimate of drug-likeness (QED) is 0.679. The van der Waals surface area contributed by atoms with Crippen LogP contribution in [0.25, 0.3) is 0 Å². The molecule has 1 saturated carbocycles. The van der Waals surface area contributed by atoms with Crippen LogP contribution in [0.1, 0.15) is 47.0 Å². The first-order valence-electron chi connectivity index (χ1n) is 8.04. The van der Waals surface area contributed by atoms with Gasteiger partial charge in [-0.05, 0) is 25.2 Å². The topological polar surface area (TPSA) is 44.7 Å². The van der Waals surface area contributed by atoms with Gasteiger partial charge in [0.15, 0.2) is 0 Å². The number of nitrogens with zero attached hydrogens (tertiary/aromatic N) is 1. The van der Waals surface area contributed by atoms with Crippen LogP contribution in [-0.4, -0.2) is 61.0 Å². The van der Waals surface area contributed by atoms with E-state index in [1.165, 1.54) is 0 Å². The van der Waals surface area contributed by atoms with Gasteiger partial charge in [0.25, 0.3) is 0 Å². The average Bonchev–Trinajstić information content (AvgIpc) is 2.78. The zero-order chi connectivity index (χ0) is 15.2. The second kappa shape index (κ2) is 8.32. The smallest absolute Gasteiger partial charge is 0.0614 e. The number of aliphatic hydroxyl groups is 1. The minimum Gasteiger partial charge on any atom is -0.394 e. The third-order valence-electron chi connectivity index (χ3n) is 4.18. The summed E-state index contributed by atoms with van der Waals surface area (Å²) in [5, 5.41) is 13.4. The molecule has 0 radical (unpaired) electrons. The minimum absolute atomic E-state index is 0.0822. The molecule has 2 atom stereocenters. The highest BCUT2D eigenvalue weighted by Gasteiger charge is 2.40. The Hall–Kier alpha value is -0.160. The molecule has 0 amide bonds. The Morgan fingerprint density at radius 3 is 2.55 bits per heavy atom. The van der Waals surface area contributed by atoms with Crippen molar-refractivity contribution in [2.45, 2.75) is 64.6 Å². The number of methoxy groups -OCH3 is 1. The van der Waals surface area contributed by atoms with Crippen LogP contribution >= 0.6 is 0 Å². The van der Waals surface area contributed by atoms with Crippen molar-refractivity contribution in [3.63, 3.8) is 0 Å². The lowest BCUT2D eigenvalue weighted by atomic mass is 9.97. The van der Waals surface area contributed by atoms with Gasteiger partial charge in [-0.25, -0.2) is 0 Å². The number of ether oxygens (including phenoxy) is 1. The summed E-state index contributed by atoms with van der Waals surface area (Å²) >= 11 is 0. The zero-order valence-corrected chi connectivity index (χ0v) is 14.0. The summed E-state index contributed by atoms with van der Waals surface area (Å²) in [6.07, 6.45) is 3.27. The van der Waals surface area contributed by atoms with E-state index in [4.69, 9.17) is 4.74 Å². The number of nitrogens with one attached hydrogen (secondary N) is 1. The molecule has 0 aromatic carbocycles. The van der Waals surface area contributed by atoms with Crippen molar-refractivity contribution >= 4 is 0 Å². The van der Waals surface area contributed by atoms with Gasteiger partial charge in [0.2, 0.25) is 0 Å². The molecule has 1 rings (SSSR count). The van der Waals surface area contributed by atoms with E-state index in [1.54, 1.807) is 7.11 Å². The molecule has 2 unspecified atom stereocenters. The van der Waals surface area contributed by atoms with Crippen molar-refractivity contribution in [3.8, 4) is 0 Å². The van der Waals surface area contributed by atoms with Gasteiger partial charge in [-0.2, -0.15) is 0 Å². The molecule has 1 aliphatic rings. The van der Waals surface area contributed by atoms with Crippen molar-refractivity contribution < 1.29 is 9.84 Å². The van der Waals surface area contributed by atoms with Crippen molar-refractivity contribution in [2.75, 3.05) is 33.4 Å². The van der Waals surface area contributed by atoms with E-state index in [0.29, 0.717) is 18.0 Å². The van der Waals surface area contributed by atoms with Gasteiger partial charge < -0.3 is 15.2 Å². The highest BCUT2D eigenvalue weighted by molar-refractivity contribution is 5.00. The number of hydrogen-bond donors (Lipinski definition) is 2. The number of hydrogen-bond acceptors (Lipinski definition) is 4. The molecule has 1 fully saturated rings. The Balaban J connectivity index is 2.64. The van der Waals surface area contributed by atoms with Crippen LogP contribution in [0.3, 0.4) is 0 Å². The van der Waals surface area contributed by atoms with E-state index in [1.807, 2.05) is 0 Å². The Morgan fingerprint density at radius 1 is 1.35 bits per heavy atom. The molecule has 0 aliphatic heterocycles. The molecule has 1 aliphatic carbocycles. The largest absolute Gasteiger partial charge is 0.394 e.